The molecule has 0 aliphatic carbocycles. The lowest BCUT2D eigenvalue weighted by Crippen LogP contribution is -2.07. The van der Waals surface area contributed by atoms with Crippen molar-refractivity contribution < 1.29 is 27.8 Å². The quantitative estimate of drug-likeness (QED) is 0.655. The minimum atomic E-state index is -1.38. The third-order valence-electron chi connectivity index (χ3n) is 2.25. The van der Waals surface area contributed by atoms with Crippen molar-refractivity contribution in [1.29, 1.82) is 0 Å². The molecule has 1 aromatic rings. The van der Waals surface area contributed by atoms with Gasteiger partial charge in [-0.2, -0.15) is 0 Å². The molecule has 3 nitrogen and oxygen atoms in total. The van der Waals surface area contributed by atoms with E-state index < -0.39 is 29.5 Å². The number of carbonyl (C=O) groups is 1. The number of aliphatic hydroxyl groups excluding tert-OH is 1. The van der Waals surface area contributed by atoms with Crippen LogP contribution < -0.4 is 0 Å². The summed E-state index contributed by atoms with van der Waals surface area (Å²) >= 11 is 0. The number of ether oxygens (including phenoxy) is 1. The lowest BCUT2D eigenvalue weighted by molar-refractivity contribution is -0.141. The molecular weight excluding hydrogens is 237 g/mol. The number of hydrogen-bond donors (Lipinski definition) is 1. The van der Waals surface area contributed by atoms with Crippen LogP contribution in [0.1, 0.15) is 24.5 Å². The van der Waals surface area contributed by atoms with Crippen LogP contribution in [0.5, 0.6) is 0 Å². The molecule has 0 aliphatic heterocycles. The fraction of sp³-hybridized carbons (Fsp3) is 0.364. The van der Waals surface area contributed by atoms with Gasteiger partial charge in [-0.15, -0.1) is 0 Å². The van der Waals surface area contributed by atoms with Crippen molar-refractivity contribution in [2.75, 3.05) is 7.11 Å². The van der Waals surface area contributed by atoms with E-state index in [-0.39, 0.29) is 18.4 Å². The zero-order chi connectivity index (χ0) is 13.0. The summed E-state index contributed by atoms with van der Waals surface area (Å²) in [4.78, 5) is 10.8. The molecule has 0 aromatic heterocycles. The van der Waals surface area contributed by atoms with E-state index in [0.29, 0.717) is 12.1 Å². The van der Waals surface area contributed by atoms with E-state index in [1.807, 2.05) is 0 Å². The average molecular weight is 248 g/mol. The van der Waals surface area contributed by atoms with Gasteiger partial charge in [0.15, 0.2) is 11.6 Å². The van der Waals surface area contributed by atoms with Gasteiger partial charge in [0, 0.05) is 18.1 Å². The maximum absolute atomic E-state index is 13.2. The molecule has 17 heavy (non-hydrogen) atoms. The second kappa shape index (κ2) is 5.67. The van der Waals surface area contributed by atoms with Crippen LogP contribution >= 0.6 is 0 Å². The van der Waals surface area contributed by atoms with Crippen LogP contribution in [0.15, 0.2) is 12.1 Å². The normalized spacial score (nSPS) is 12.3. The summed E-state index contributed by atoms with van der Waals surface area (Å²) < 4.78 is 43.0. The molecule has 0 spiro atoms. The maximum atomic E-state index is 13.2. The molecule has 6 heteroatoms. The van der Waals surface area contributed by atoms with Gasteiger partial charge in [0.1, 0.15) is 5.82 Å². The van der Waals surface area contributed by atoms with E-state index in [1.165, 1.54) is 7.11 Å². The van der Waals surface area contributed by atoms with E-state index in [4.69, 9.17) is 0 Å². The Labute approximate surface area is 95.8 Å². The van der Waals surface area contributed by atoms with Crippen LogP contribution in [0.25, 0.3) is 0 Å². The Bertz CT molecular complexity index is 421. The Balaban J connectivity index is 2.78. The number of esters is 1. The Hall–Kier alpha value is -1.56. The van der Waals surface area contributed by atoms with E-state index in [2.05, 4.69) is 4.74 Å². The molecule has 94 valence electrons. The lowest BCUT2D eigenvalue weighted by atomic mass is 10.0. The molecule has 0 bridgehead atoms. The first-order valence-corrected chi connectivity index (χ1v) is 4.85. The molecule has 1 N–H and O–H groups in total. The molecular formula is C11H11F3O3. The first-order valence-electron chi connectivity index (χ1n) is 4.85. The Morgan fingerprint density at radius 3 is 2.47 bits per heavy atom. The van der Waals surface area contributed by atoms with Gasteiger partial charge in [0.25, 0.3) is 0 Å². The van der Waals surface area contributed by atoms with Crippen molar-refractivity contribution in [3.63, 3.8) is 0 Å². The highest BCUT2D eigenvalue weighted by molar-refractivity contribution is 5.69. The van der Waals surface area contributed by atoms with Gasteiger partial charge in [-0.3, -0.25) is 4.79 Å². The first-order chi connectivity index (χ1) is 7.95. The molecule has 0 amide bonds. The highest BCUT2D eigenvalue weighted by atomic mass is 19.2. The second-order valence-corrected chi connectivity index (χ2v) is 3.42. The van der Waals surface area contributed by atoms with Crippen LogP contribution in [0.2, 0.25) is 0 Å². The average Bonchev–Trinajstić information content (AvgIpc) is 2.30. The van der Waals surface area contributed by atoms with Gasteiger partial charge in [-0.05, 0) is 12.5 Å². The smallest absolute Gasteiger partial charge is 0.305 e. The number of halogens is 3. The number of aliphatic hydroxyl groups is 1. The van der Waals surface area contributed by atoms with Crippen molar-refractivity contribution in [1.82, 2.24) is 0 Å². The highest BCUT2D eigenvalue weighted by Gasteiger charge is 2.17. The summed E-state index contributed by atoms with van der Waals surface area (Å²) in [6.45, 7) is 0. The van der Waals surface area contributed by atoms with Gasteiger partial charge in [0.2, 0.25) is 0 Å². The predicted molar refractivity (Wildman–Crippen MR) is 52.5 cm³/mol. The van der Waals surface area contributed by atoms with E-state index in [9.17, 15) is 23.1 Å². The van der Waals surface area contributed by atoms with Gasteiger partial charge in [-0.1, -0.05) is 0 Å². The van der Waals surface area contributed by atoms with Crippen molar-refractivity contribution in [3.05, 3.63) is 35.1 Å². The minimum Gasteiger partial charge on any atom is -0.469 e. The molecule has 1 rings (SSSR count). The van der Waals surface area contributed by atoms with E-state index in [1.54, 1.807) is 0 Å². The minimum absolute atomic E-state index is 0.130. The lowest BCUT2D eigenvalue weighted by Gasteiger charge is -2.11. The van der Waals surface area contributed by atoms with Crippen LogP contribution in [0, 0.1) is 17.5 Å². The highest BCUT2D eigenvalue weighted by Crippen LogP contribution is 2.23. The number of hydrogen-bond acceptors (Lipinski definition) is 3. The summed E-state index contributed by atoms with van der Waals surface area (Å²) in [5.74, 6) is -4.21. The van der Waals surface area contributed by atoms with Crippen LogP contribution in [-0.4, -0.2) is 18.2 Å². The Morgan fingerprint density at radius 1 is 1.29 bits per heavy atom. The van der Waals surface area contributed by atoms with E-state index in [0.717, 1.165) is 0 Å². The third-order valence-corrected chi connectivity index (χ3v) is 2.25. The number of rotatable bonds is 4. The standard InChI is InChI=1S/C11H11F3O3/c1-17-11(16)3-2-10(15)6-4-8(13)9(14)5-7(6)12/h4-5,10,15H,2-3H2,1H3. The zero-order valence-electron chi connectivity index (χ0n) is 9.04. The molecule has 0 saturated heterocycles. The largest absolute Gasteiger partial charge is 0.469 e. The Kier molecular flexibility index (Phi) is 4.51. The molecule has 0 aliphatic rings. The number of carbonyl (C=O) groups excluding carboxylic acids is 1. The topological polar surface area (TPSA) is 46.5 Å². The van der Waals surface area contributed by atoms with Gasteiger partial charge >= 0.3 is 5.97 Å². The van der Waals surface area contributed by atoms with Crippen LogP contribution in [0.3, 0.4) is 0 Å². The molecule has 0 radical (unpaired) electrons. The molecule has 0 fully saturated rings. The molecule has 1 unspecified atom stereocenters. The van der Waals surface area contributed by atoms with Crippen LogP contribution in [-0.2, 0) is 9.53 Å². The predicted octanol–water partition coefficient (Wildman–Crippen LogP) is 2.09. The van der Waals surface area contributed by atoms with Crippen LogP contribution in [0.4, 0.5) is 13.2 Å². The number of benzene rings is 1. The summed E-state index contributed by atoms with van der Waals surface area (Å²) in [6.07, 6.45) is -1.66. The zero-order valence-corrected chi connectivity index (χ0v) is 9.04. The van der Waals surface area contributed by atoms with Crippen molar-refractivity contribution >= 4 is 5.97 Å². The molecule has 1 atom stereocenters. The van der Waals surface area contributed by atoms with Gasteiger partial charge in [0.05, 0.1) is 13.2 Å². The van der Waals surface area contributed by atoms with Crippen molar-refractivity contribution in [2.24, 2.45) is 0 Å². The second-order valence-electron chi connectivity index (χ2n) is 3.42. The fourth-order valence-electron chi connectivity index (χ4n) is 1.31. The van der Waals surface area contributed by atoms with Gasteiger partial charge in [-0.25, -0.2) is 13.2 Å². The Morgan fingerprint density at radius 2 is 1.88 bits per heavy atom. The summed E-state index contributed by atoms with van der Waals surface area (Å²) in [6, 6.07) is 0.929. The monoisotopic (exact) mass is 248 g/mol. The summed E-state index contributed by atoms with van der Waals surface area (Å²) in [5.41, 5.74) is -0.382. The molecule has 0 heterocycles. The molecule has 0 saturated carbocycles. The fourth-order valence-corrected chi connectivity index (χ4v) is 1.31. The van der Waals surface area contributed by atoms with Gasteiger partial charge < -0.3 is 9.84 Å². The molecule has 1 aromatic carbocycles. The first kappa shape index (κ1) is 13.5. The summed E-state index contributed by atoms with van der Waals surface area (Å²) in [5, 5.41) is 9.52. The van der Waals surface area contributed by atoms with Crippen molar-refractivity contribution in [3.8, 4) is 0 Å². The summed E-state index contributed by atoms with van der Waals surface area (Å²) in [7, 11) is 1.17. The maximum Gasteiger partial charge on any atom is 0.305 e. The number of methoxy groups -OCH3 is 1. The van der Waals surface area contributed by atoms with E-state index >= 15 is 0 Å². The SMILES string of the molecule is COC(=O)CCC(O)c1cc(F)c(F)cc1F. The third kappa shape index (κ3) is 3.45. The van der Waals surface area contributed by atoms with Crippen molar-refractivity contribution in [2.45, 2.75) is 18.9 Å².